The highest BCUT2D eigenvalue weighted by atomic mass is 16.6. The molecule has 2 aromatic rings. The maximum Gasteiger partial charge on any atom is 0.408 e. The highest BCUT2D eigenvalue weighted by Crippen LogP contribution is 2.34. The van der Waals surface area contributed by atoms with Crippen LogP contribution in [-0.2, 0) is 14.3 Å². The number of nitrogens with one attached hydrogen (secondary N) is 1. The molecule has 3 rings (SSSR count). The molecular formula is C22H32N6O8. The Labute approximate surface area is 207 Å². The molecule has 198 valence electrons. The van der Waals surface area contributed by atoms with E-state index < -0.39 is 54.9 Å². The predicted molar refractivity (Wildman–Crippen MR) is 125 cm³/mol. The van der Waals surface area contributed by atoms with Crippen molar-refractivity contribution in [2.24, 2.45) is 5.92 Å². The quantitative estimate of drug-likeness (QED) is 0.316. The SMILES string of the molecule is CC(C)[C@H](NC(=O)OC(C)(C)C)C(=O)O.N#Cc1cn([C@@H]2O[C@H](CO)[C@@H](O)[C@H]2O)c2ncnc(N)c12. The highest BCUT2D eigenvalue weighted by molar-refractivity contribution is 5.92. The van der Waals surface area contributed by atoms with Gasteiger partial charge in [-0.05, 0) is 26.7 Å². The van der Waals surface area contributed by atoms with Gasteiger partial charge in [-0.3, -0.25) is 0 Å². The number of ether oxygens (including phenoxy) is 2. The van der Waals surface area contributed by atoms with E-state index in [2.05, 4.69) is 15.3 Å². The minimum absolute atomic E-state index is 0.141. The topological polar surface area (TPSA) is 226 Å². The summed E-state index contributed by atoms with van der Waals surface area (Å²) in [5.41, 5.74) is 5.68. The molecule has 7 N–H and O–H groups in total. The number of anilines is 1. The van der Waals surface area contributed by atoms with Gasteiger partial charge in [0, 0.05) is 6.20 Å². The van der Waals surface area contributed by atoms with Crippen molar-refractivity contribution >= 4 is 28.9 Å². The van der Waals surface area contributed by atoms with E-state index >= 15 is 0 Å². The Morgan fingerprint density at radius 1 is 1.31 bits per heavy atom. The molecule has 0 saturated carbocycles. The molecule has 1 fully saturated rings. The van der Waals surface area contributed by atoms with Crippen LogP contribution in [0.25, 0.3) is 11.0 Å². The molecule has 0 unspecified atom stereocenters. The Balaban J connectivity index is 0.000000271. The van der Waals surface area contributed by atoms with E-state index in [0.29, 0.717) is 11.0 Å². The first-order chi connectivity index (χ1) is 16.7. The number of nitrogen functional groups attached to an aromatic ring is 1. The zero-order chi connectivity index (χ0) is 27.4. The molecule has 1 aliphatic heterocycles. The van der Waals surface area contributed by atoms with Crippen molar-refractivity contribution in [3.05, 3.63) is 18.1 Å². The number of hydrogen-bond donors (Lipinski definition) is 6. The number of aromatic nitrogens is 3. The standard InChI is InChI=1S/C12H13N5O4.C10H19NO4/c13-1-5-2-17(11-7(5)10(14)15-4-16-11)12-9(20)8(19)6(3-18)21-12;1-6(2)7(8(12)13)11-9(14)15-10(3,4)5/h2,4,6,8-9,12,18-20H,3H2,(H2,14,15,16);6-7H,1-5H3,(H,11,14)(H,12,13)/t6-,8-,9-,12-;7-/m10/s1. The molecule has 1 amide bonds. The number of rotatable bonds is 5. The fourth-order valence-electron chi connectivity index (χ4n) is 3.45. The van der Waals surface area contributed by atoms with E-state index in [9.17, 15) is 19.8 Å². The van der Waals surface area contributed by atoms with Gasteiger partial charge in [0.2, 0.25) is 0 Å². The van der Waals surface area contributed by atoms with Crippen LogP contribution in [0.3, 0.4) is 0 Å². The number of alkyl carbamates (subject to hydrolysis) is 1. The Hall–Kier alpha value is -3.51. The molecule has 14 nitrogen and oxygen atoms in total. The van der Waals surface area contributed by atoms with E-state index in [4.69, 9.17) is 30.7 Å². The molecule has 0 aliphatic carbocycles. The maximum absolute atomic E-state index is 11.3. The minimum atomic E-state index is -1.26. The van der Waals surface area contributed by atoms with Crippen molar-refractivity contribution in [3.8, 4) is 6.07 Å². The van der Waals surface area contributed by atoms with Crippen LogP contribution in [0.1, 0.15) is 46.4 Å². The number of nitrogens with zero attached hydrogens (tertiary/aromatic N) is 4. The molecule has 1 saturated heterocycles. The van der Waals surface area contributed by atoms with Gasteiger partial charge in [0.05, 0.1) is 17.6 Å². The van der Waals surface area contributed by atoms with Crippen LogP contribution >= 0.6 is 0 Å². The highest BCUT2D eigenvalue weighted by Gasteiger charge is 2.44. The first-order valence-corrected chi connectivity index (χ1v) is 11.1. The summed E-state index contributed by atoms with van der Waals surface area (Å²) in [6.07, 6.45) is -2.43. The number of carbonyl (C=O) groups excluding carboxylic acids is 1. The molecule has 36 heavy (non-hydrogen) atoms. The summed E-state index contributed by atoms with van der Waals surface area (Å²) in [5.74, 6) is -1.10. The Morgan fingerprint density at radius 3 is 2.42 bits per heavy atom. The minimum Gasteiger partial charge on any atom is -0.480 e. The summed E-state index contributed by atoms with van der Waals surface area (Å²) < 4.78 is 11.8. The van der Waals surface area contributed by atoms with Crippen molar-refractivity contribution in [2.75, 3.05) is 12.3 Å². The van der Waals surface area contributed by atoms with Crippen LogP contribution in [0.2, 0.25) is 0 Å². The monoisotopic (exact) mass is 508 g/mol. The smallest absolute Gasteiger partial charge is 0.408 e. The van der Waals surface area contributed by atoms with Crippen LogP contribution in [0.4, 0.5) is 10.6 Å². The number of aliphatic carboxylic acids is 1. The summed E-state index contributed by atoms with van der Waals surface area (Å²) in [6.45, 7) is 8.16. The lowest BCUT2D eigenvalue weighted by molar-refractivity contribution is -0.140. The second-order valence-corrected chi connectivity index (χ2v) is 9.45. The number of aliphatic hydroxyl groups excluding tert-OH is 3. The number of carboxylic acid groups (broad SMARTS) is 1. The Kier molecular flexibility index (Phi) is 9.16. The number of nitrogens with two attached hydrogens (primary N) is 1. The lowest BCUT2D eigenvalue weighted by Gasteiger charge is -2.23. The third-order valence-corrected chi connectivity index (χ3v) is 5.16. The largest absolute Gasteiger partial charge is 0.480 e. The first kappa shape index (κ1) is 28.7. The fraction of sp³-hybridized carbons (Fsp3) is 0.591. The lowest BCUT2D eigenvalue weighted by atomic mass is 10.1. The van der Waals surface area contributed by atoms with Gasteiger partial charge in [-0.1, -0.05) is 13.8 Å². The van der Waals surface area contributed by atoms with Gasteiger partial charge in [0.25, 0.3) is 0 Å². The third kappa shape index (κ3) is 6.58. The van der Waals surface area contributed by atoms with Gasteiger partial charge < -0.3 is 45.5 Å². The summed E-state index contributed by atoms with van der Waals surface area (Å²) >= 11 is 0. The second kappa shape index (κ2) is 11.5. The molecule has 3 heterocycles. The normalized spacial score (nSPS) is 22.4. The van der Waals surface area contributed by atoms with Crippen LogP contribution in [0, 0.1) is 17.2 Å². The summed E-state index contributed by atoms with van der Waals surface area (Å²) in [7, 11) is 0. The van der Waals surface area contributed by atoms with Gasteiger partial charge in [-0.2, -0.15) is 5.26 Å². The summed E-state index contributed by atoms with van der Waals surface area (Å²) in [6, 6.07) is 1.06. The van der Waals surface area contributed by atoms with Gasteiger partial charge in [-0.25, -0.2) is 19.6 Å². The number of carbonyl (C=O) groups is 2. The van der Waals surface area contributed by atoms with E-state index in [0.717, 1.165) is 0 Å². The van der Waals surface area contributed by atoms with E-state index in [-0.39, 0.29) is 17.3 Å². The average molecular weight is 509 g/mol. The molecule has 0 aromatic carbocycles. The van der Waals surface area contributed by atoms with Crippen LogP contribution in [0.15, 0.2) is 12.5 Å². The van der Waals surface area contributed by atoms with Crippen molar-refractivity contribution in [2.45, 2.75) is 70.8 Å². The number of aliphatic hydroxyl groups is 3. The van der Waals surface area contributed by atoms with Crippen molar-refractivity contribution in [1.82, 2.24) is 19.9 Å². The molecule has 14 heteroatoms. The van der Waals surface area contributed by atoms with Gasteiger partial charge in [0.1, 0.15) is 53.8 Å². The van der Waals surface area contributed by atoms with E-state index in [1.165, 1.54) is 17.1 Å². The Morgan fingerprint density at radius 2 is 1.94 bits per heavy atom. The lowest BCUT2D eigenvalue weighted by Crippen LogP contribution is -2.46. The van der Waals surface area contributed by atoms with Crippen molar-refractivity contribution in [1.29, 1.82) is 5.26 Å². The molecule has 5 atom stereocenters. The van der Waals surface area contributed by atoms with Crippen LogP contribution < -0.4 is 11.1 Å². The maximum atomic E-state index is 11.3. The average Bonchev–Trinajstić information content (AvgIpc) is 3.29. The van der Waals surface area contributed by atoms with Gasteiger partial charge in [-0.15, -0.1) is 0 Å². The van der Waals surface area contributed by atoms with Crippen molar-refractivity contribution in [3.63, 3.8) is 0 Å². The number of amides is 1. The molecule has 0 radical (unpaired) electrons. The number of nitriles is 1. The zero-order valence-corrected chi connectivity index (χ0v) is 20.6. The van der Waals surface area contributed by atoms with Crippen molar-refractivity contribution < 1.29 is 39.5 Å². The molecule has 0 spiro atoms. The molecule has 2 aromatic heterocycles. The fourth-order valence-corrected chi connectivity index (χ4v) is 3.45. The van der Waals surface area contributed by atoms with E-state index in [1.54, 1.807) is 34.6 Å². The van der Waals surface area contributed by atoms with Gasteiger partial charge >= 0.3 is 12.1 Å². The third-order valence-electron chi connectivity index (χ3n) is 5.16. The molecule has 0 bridgehead atoms. The molecular weight excluding hydrogens is 476 g/mol. The number of hydrogen-bond acceptors (Lipinski definition) is 11. The first-order valence-electron chi connectivity index (χ1n) is 11.1. The van der Waals surface area contributed by atoms with Crippen LogP contribution in [-0.4, -0.2) is 83.6 Å². The summed E-state index contributed by atoms with van der Waals surface area (Å²) in [5, 5.41) is 49.6. The second-order valence-electron chi connectivity index (χ2n) is 9.45. The summed E-state index contributed by atoms with van der Waals surface area (Å²) in [4.78, 5) is 29.9. The Bertz CT molecular complexity index is 1120. The number of fused-ring (bicyclic) bond motifs is 1. The molecule has 1 aliphatic rings. The van der Waals surface area contributed by atoms with E-state index in [1.807, 2.05) is 6.07 Å². The predicted octanol–water partition coefficient (Wildman–Crippen LogP) is 0.117. The zero-order valence-electron chi connectivity index (χ0n) is 20.6. The van der Waals surface area contributed by atoms with Crippen LogP contribution in [0.5, 0.6) is 0 Å². The van der Waals surface area contributed by atoms with Gasteiger partial charge in [0.15, 0.2) is 6.23 Å². The number of carboxylic acids is 1.